The van der Waals surface area contributed by atoms with E-state index in [1.807, 2.05) is 18.5 Å². The van der Waals surface area contributed by atoms with Crippen molar-refractivity contribution in [2.45, 2.75) is 65.5 Å². The highest BCUT2D eigenvalue weighted by atomic mass is 16.5. The van der Waals surface area contributed by atoms with Crippen molar-refractivity contribution in [3.05, 3.63) is 11.6 Å². The van der Waals surface area contributed by atoms with Crippen LogP contribution in [0.25, 0.3) is 0 Å². The number of aliphatic imine (C=N–C) groups is 1. The average Bonchev–Trinajstić information content (AvgIpc) is 3.02. The summed E-state index contributed by atoms with van der Waals surface area (Å²) >= 11 is 0. The van der Waals surface area contributed by atoms with Gasteiger partial charge in [0.2, 0.25) is 0 Å². The van der Waals surface area contributed by atoms with Gasteiger partial charge in [-0.15, -0.1) is 10.2 Å². The van der Waals surface area contributed by atoms with Crippen LogP contribution in [-0.2, 0) is 18.3 Å². The van der Waals surface area contributed by atoms with Gasteiger partial charge in [0.1, 0.15) is 12.4 Å². The Labute approximate surface area is 170 Å². The van der Waals surface area contributed by atoms with Crippen LogP contribution in [0, 0.1) is 6.92 Å². The molecule has 0 radical (unpaired) electrons. The second-order valence-corrected chi connectivity index (χ2v) is 7.66. The van der Waals surface area contributed by atoms with Crippen LogP contribution in [0.4, 0.5) is 0 Å². The summed E-state index contributed by atoms with van der Waals surface area (Å²) in [7, 11) is 1.98. The van der Waals surface area contributed by atoms with Gasteiger partial charge in [0.15, 0.2) is 11.8 Å². The van der Waals surface area contributed by atoms with Gasteiger partial charge in [0, 0.05) is 32.7 Å². The second-order valence-electron chi connectivity index (χ2n) is 7.66. The number of nitrogens with zero attached hydrogens (tertiary/aromatic N) is 5. The molecule has 0 bridgehead atoms. The van der Waals surface area contributed by atoms with Crippen molar-refractivity contribution in [2.75, 3.05) is 39.4 Å². The third kappa shape index (κ3) is 8.14. The second kappa shape index (κ2) is 12.7. The van der Waals surface area contributed by atoms with E-state index in [0.29, 0.717) is 12.6 Å². The molecule has 8 nitrogen and oxygen atoms in total. The molecule has 28 heavy (non-hydrogen) atoms. The van der Waals surface area contributed by atoms with Crippen LogP contribution in [0.1, 0.15) is 57.6 Å². The number of hydrogen-bond donors (Lipinski definition) is 2. The molecule has 0 amide bonds. The van der Waals surface area contributed by atoms with E-state index in [1.54, 1.807) is 0 Å². The van der Waals surface area contributed by atoms with Gasteiger partial charge in [-0.3, -0.25) is 4.90 Å². The Hall–Kier alpha value is -1.67. The first-order valence-corrected chi connectivity index (χ1v) is 10.8. The first-order valence-electron chi connectivity index (χ1n) is 10.8. The van der Waals surface area contributed by atoms with E-state index in [0.717, 1.165) is 69.8 Å². The molecular formula is C20H39N7O. The summed E-state index contributed by atoms with van der Waals surface area (Å²) in [4.78, 5) is 7.22. The van der Waals surface area contributed by atoms with Crippen molar-refractivity contribution in [1.29, 1.82) is 0 Å². The molecule has 2 rings (SSSR count). The minimum Gasteiger partial charge on any atom is -0.379 e. The molecule has 2 N–H and O–H groups in total. The summed E-state index contributed by atoms with van der Waals surface area (Å²) in [5, 5.41) is 15.4. The van der Waals surface area contributed by atoms with Crippen molar-refractivity contribution in [1.82, 2.24) is 30.3 Å². The number of rotatable bonds is 11. The number of hydrogen-bond acceptors (Lipinski definition) is 5. The van der Waals surface area contributed by atoms with Crippen molar-refractivity contribution in [3.63, 3.8) is 0 Å². The summed E-state index contributed by atoms with van der Waals surface area (Å²) in [6, 6.07) is 0.401. The number of unbranched alkanes of at least 4 members (excludes halogenated alkanes) is 2. The number of ether oxygens (including phenoxy) is 1. The first kappa shape index (κ1) is 22.6. The third-order valence-corrected chi connectivity index (χ3v) is 5.23. The lowest BCUT2D eigenvalue weighted by Crippen LogP contribution is -2.43. The Morgan fingerprint density at radius 1 is 1.21 bits per heavy atom. The lowest BCUT2D eigenvalue weighted by Gasteiger charge is -2.26. The van der Waals surface area contributed by atoms with Gasteiger partial charge in [-0.1, -0.05) is 26.2 Å². The predicted molar refractivity (Wildman–Crippen MR) is 113 cm³/mol. The molecule has 2 heterocycles. The monoisotopic (exact) mass is 393 g/mol. The fourth-order valence-electron chi connectivity index (χ4n) is 3.23. The molecule has 0 saturated carbocycles. The number of aromatic nitrogens is 3. The smallest absolute Gasteiger partial charge is 0.191 e. The summed E-state index contributed by atoms with van der Waals surface area (Å²) < 4.78 is 7.40. The summed E-state index contributed by atoms with van der Waals surface area (Å²) in [5.74, 6) is 2.66. The van der Waals surface area contributed by atoms with E-state index >= 15 is 0 Å². The van der Waals surface area contributed by atoms with Crippen LogP contribution in [0.5, 0.6) is 0 Å². The average molecular weight is 394 g/mol. The topological polar surface area (TPSA) is 79.6 Å². The molecule has 1 aliphatic heterocycles. The lowest BCUT2D eigenvalue weighted by molar-refractivity contribution is 0.0376. The molecule has 160 valence electrons. The summed E-state index contributed by atoms with van der Waals surface area (Å²) in [5.41, 5.74) is 0. The van der Waals surface area contributed by atoms with Gasteiger partial charge in [-0.2, -0.15) is 0 Å². The van der Waals surface area contributed by atoms with Gasteiger partial charge >= 0.3 is 0 Å². The van der Waals surface area contributed by atoms with E-state index in [1.165, 1.54) is 19.3 Å². The molecular weight excluding hydrogens is 354 g/mol. The molecule has 1 aliphatic rings. The highest BCUT2D eigenvalue weighted by Gasteiger charge is 2.11. The standard InChI is InChI=1S/C20H39N7O/c1-5-6-7-9-17(2)23-20(22-16-19-25-24-18(3)26(19)4)21-10-8-11-27-12-14-28-15-13-27/h17H,5-16H2,1-4H3,(H2,21,22,23). The zero-order valence-electron chi connectivity index (χ0n) is 18.2. The maximum Gasteiger partial charge on any atom is 0.191 e. The largest absolute Gasteiger partial charge is 0.379 e. The van der Waals surface area contributed by atoms with Crippen LogP contribution < -0.4 is 10.6 Å². The van der Waals surface area contributed by atoms with Crippen LogP contribution in [0.15, 0.2) is 4.99 Å². The normalized spacial score (nSPS) is 16.9. The van der Waals surface area contributed by atoms with E-state index < -0.39 is 0 Å². The fourth-order valence-corrected chi connectivity index (χ4v) is 3.23. The van der Waals surface area contributed by atoms with Crippen LogP contribution in [0.2, 0.25) is 0 Å². The van der Waals surface area contributed by atoms with E-state index in [-0.39, 0.29) is 0 Å². The number of aryl methyl sites for hydroxylation is 1. The van der Waals surface area contributed by atoms with Gasteiger partial charge in [-0.25, -0.2) is 4.99 Å². The van der Waals surface area contributed by atoms with Crippen molar-refractivity contribution < 1.29 is 4.74 Å². The Bertz CT molecular complexity index is 581. The number of guanidine groups is 1. The first-order chi connectivity index (χ1) is 13.6. The highest BCUT2D eigenvalue weighted by molar-refractivity contribution is 5.80. The van der Waals surface area contributed by atoms with E-state index in [9.17, 15) is 0 Å². The fraction of sp³-hybridized carbons (Fsp3) is 0.850. The molecule has 1 unspecified atom stereocenters. The Kier molecular flexibility index (Phi) is 10.3. The Balaban J connectivity index is 1.83. The van der Waals surface area contributed by atoms with Gasteiger partial charge in [0.05, 0.1) is 13.2 Å². The Morgan fingerprint density at radius 3 is 2.68 bits per heavy atom. The molecule has 1 saturated heterocycles. The Morgan fingerprint density at radius 2 is 2.00 bits per heavy atom. The molecule has 0 spiro atoms. The van der Waals surface area contributed by atoms with Crippen LogP contribution in [0.3, 0.4) is 0 Å². The molecule has 1 atom stereocenters. The van der Waals surface area contributed by atoms with Crippen molar-refractivity contribution in [3.8, 4) is 0 Å². The molecule has 1 aromatic heterocycles. The highest BCUT2D eigenvalue weighted by Crippen LogP contribution is 2.04. The van der Waals surface area contributed by atoms with Gasteiger partial charge in [0.25, 0.3) is 0 Å². The van der Waals surface area contributed by atoms with E-state index in [2.05, 4.69) is 39.6 Å². The molecule has 1 fully saturated rings. The predicted octanol–water partition coefficient (Wildman–Crippen LogP) is 1.85. The SMILES string of the molecule is CCCCCC(C)NC(=NCc1nnc(C)n1C)NCCCN1CCOCC1. The van der Waals surface area contributed by atoms with E-state index in [4.69, 9.17) is 9.73 Å². The minimum atomic E-state index is 0.401. The van der Waals surface area contributed by atoms with Gasteiger partial charge in [-0.05, 0) is 33.2 Å². The third-order valence-electron chi connectivity index (χ3n) is 5.23. The maximum atomic E-state index is 5.41. The molecule has 0 aliphatic carbocycles. The van der Waals surface area contributed by atoms with Crippen molar-refractivity contribution in [2.24, 2.45) is 12.0 Å². The van der Waals surface area contributed by atoms with Crippen LogP contribution in [-0.4, -0.2) is 71.1 Å². The summed E-state index contributed by atoms with van der Waals surface area (Å²) in [6.45, 7) is 12.7. The molecule has 0 aromatic carbocycles. The summed E-state index contributed by atoms with van der Waals surface area (Å²) in [6.07, 6.45) is 6.03. The lowest BCUT2D eigenvalue weighted by atomic mass is 10.1. The quantitative estimate of drug-likeness (QED) is 0.339. The zero-order valence-corrected chi connectivity index (χ0v) is 18.2. The maximum absolute atomic E-state index is 5.41. The molecule has 8 heteroatoms. The van der Waals surface area contributed by atoms with Gasteiger partial charge < -0.3 is 19.9 Å². The van der Waals surface area contributed by atoms with Crippen LogP contribution >= 0.6 is 0 Å². The van der Waals surface area contributed by atoms with Crippen molar-refractivity contribution >= 4 is 5.96 Å². The minimum absolute atomic E-state index is 0.401. The number of morpholine rings is 1. The molecule has 1 aromatic rings. The zero-order chi connectivity index (χ0) is 20.2. The number of nitrogens with one attached hydrogen (secondary N) is 2.